The van der Waals surface area contributed by atoms with Crippen molar-refractivity contribution >= 4 is 21.5 Å². The van der Waals surface area contributed by atoms with Gasteiger partial charge < -0.3 is 0 Å². The molecule has 1 spiro atoms. The maximum Gasteiger partial charge on any atom is 0.0726 e. The van der Waals surface area contributed by atoms with Crippen molar-refractivity contribution in [3.8, 4) is 44.8 Å². The molecule has 1 heterocycles. The average molecular weight is 648 g/mol. The van der Waals surface area contributed by atoms with Gasteiger partial charge in [0.25, 0.3) is 0 Å². The van der Waals surface area contributed by atoms with Gasteiger partial charge in [-0.15, -0.1) is 0 Å². The molecule has 8 aromatic rings. The number of aromatic nitrogens is 1. The van der Waals surface area contributed by atoms with Crippen molar-refractivity contribution in [3.63, 3.8) is 0 Å². The summed E-state index contributed by atoms with van der Waals surface area (Å²) in [5.74, 6) is 0.319. The fourth-order valence-electron chi connectivity index (χ4n) is 9.40. The van der Waals surface area contributed by atoms with Gasteiger partial charge in [-0.1, -0.05) is 164 Å². The molecule has 0 amide bonds. The lowest BCUT2D eigenvalue weighted by atomic mass is 9.70. The van der Waals surface area contributed by atoms with Gasteiger partial charge >= 0.3 is 0 Å². The third kappa shape index (κ3) is 4.01. The van der Waals surface area contributed by atoms with E-state index in [9.17, 15) is 0 Å². The largest absolute Gasteiger partial charge is 0.248 e. The number of rotatable bonds is 4. The smallest absolute Gasteiger partial charge is 0.0726 e. The first-order valence-electron chi connectivity index (χ1n) is 18.0. The Morgan fingerprint density at radius 1 is 0.451 bits per heavy atom. The molecule has 1 atom stereocenters. The van der Waals surface area contributed by atoms with Crippen LogP contribution in [0.4, 0.5) is 0 Å². The van der Waals surface area contributed by atoms with Crippen molar-refractivity contribution < 1.29 is 0 Å². The summed E-state index contributed by atoms with van der Waals surface area (Å²) in [5.41, 5.74) is 15.8. The summed E-state index contributed by atoms with van der Waals surface area (Å²) in [6.07, 6.45) is 9.89. The topological polar surface area (TPSA) is 12.9 Å². The molecule has 0 N–H and O–H groups in total. The normalized spacial score (nSPS) is 16.0. The summed E-state index contributed by atoms with van der Waals surface area (Å²) in [6.45, 7) is 0. The molecule has 0 aliphatic heterocycles. The highest BCUT2D eigenvalue weighted by Crippen LogP contribution is 2.62. The Morgan fingerprint density at radius 3 is 1.84 bits per heavy atom. The molecule has 1 nitrogen and oxygen atoms in total. The quantitative estimate of drug-likeness (QED) is 0.173. The lowest BCUT2D eigenvalue weighted by Crippen LogP contribution is -2.26. The summed E-state index contributed by atoms with van der Waals surface area (Å²) < 4.78 is 0. The third-order valence-corrected chi connectivity index (χ3v) is 11.6. The van der Waals surface area contributed by atoms with E-state index in [0.29, 0.717) is 5.92 Å². The molecule has 1 heteroatoms. The van der Waals surface area contributed by atoms with Crippen molar-refractivity contribution in [1.29, 1.82) is 0 Å². The summed E-state index contributed by atoms with van der Waals surface area (Å²) >= 11 is 0. The Labute approximate surface area is 297 Å². The average Bonchev–Trinajstić information content (AvgIpc) is 3.68. The fraction of sp³-hybridized carbons (Fsp3) is 0.0600. The summed E-state index contributed by atoms with van der Waals surface area (Å²) in [5, 5.41) is 5.39. The minimum absolute atomic E-state index is 0.319. The summed E-state index contributed by atoms with van der Waals surface area (Å²) in [7, 11) is 0. The highest BCUT2D eigenvalue weighted by atomic mass is 14.7. The molecule has 0 fully saturated rings. The molecule has 1 unspecified atom stereocenters. The molecule has 11 rings (SSSR count). The highest BCUT2D eigenvalue weighted by molar-refractivity contribution is 6.17. The number of hydrogen-bond donors (Lipinski definition) is 0. The Balaban J connectivity index is 1.15. The van der Waals surface area contributed by atoms with Gasteiger partial charge in [0.15, 0.2) is 0 Å². The predicted molar refractivity (Wildman–Crippen MR) is 212 cm³/mol. The van der Waals surface area contributed by atoms with E-state index in [1.54, 1.807) is 0 Å². The van der Waals surface area contributed by atoms with E-state index in [1.165, 1.54) is 71.6 Å². The summed E-state index contributed by atoms with van der Waals surface area (Å²) in [4.78, 5) is 5.37. The van der Waals surface area contributed by atoms with E-state index in [-0.39, 0.29) is 5.41 Å². The van der Waals surface area contributed by atoms with Crippen LogP contribution in [0.1, 0.15) is 40.2 Å². The standard InChI is InChI=1S/C50H33N/c1-3-13-32(14-4-1)37-30-46(33-15-5-2-6-16-33)51-47(31-37)41-21-8-7-19-38(41)36-27-28-40-39-20-9-10-22-42(39)50(45(40)29-36)43-23-11-17-34-25-26-35-18-12-24-44(50)49(35)48(34)43/h1-13,15-32H,14H2. The van der Waals surface area contributed by atoms with Crippen LogP contribution in [-0.4, -0.2) is 4.98 Å². The van der Waals surface area contributed by atoms with Gasteiger partial charge in [-0.2, -0.15) is 0 Å². The van der Waals surface area contributed by atoms with Crippen molar-refractivity contribution in [2.45, 2.75) is 17.8 Å². The van der Waals surface area contributed by atoms with Crippen LogP contribution < -0.4 is 0 Å². The SMILES string of the molecule is C1=CCC(c2cc(-c3ccccc3)nc(-c3ccccc3-c3ccc4c(c3)C3(c5ccccc5-4)c4cccc5ccc6cccc3c6c45)c2)C=C1. The first kappa shape index (κ1) is 28.5. The molecule has 0 radical (unpaired) electrons. The van der Waals surface area contributed by atoms with Crippen molar-refractivity contribution in [2.75, 3.05) is 0 Å². The second-order valence-corrected chi connectivity index (χ2v) is 14.2. The number of pyridine rings is 1. The van der Waals surface area contributed by atoms with Crippen molar-refractivity contribution in [1.82, 2.24) is 4.98 Å². The molecule has 7 aromatic carbocycles. The molecule has 0 saturated carbocycles. The van der Waals surface area contributed by atoms with Crippen molar-refractivity contribution in [3.05, 3.63) is 210 Å². The minimum Gasteiger partial charge on any atom is -0.248 e. The van der Waals surface area contributed by atoms with E-state index in [1.807, 2.05) is 0 Å². The van der Waals surface area contributed by atoms with Gasteiger partial charge in [0.05, 0.1) is 16.8 Å². The number of allylic oxidation sites excluding steroid dienone is 4. The van der Waals surface area contributed by atoms with Crippen LogP contribution in [0.2, 0.25) is 0 Å². The Kier molecular flexibility index (Phi) is 6.06. The molecule has 3 aliphatic carbocycles. The monoisotopic (exact) mass is 647 g/mol. The highest BCUT2D eigenvalue weighted by Gasteiger charge is 2.50. The molecule has 0 saturated heterocycles. The van der Waals surface area contributed by atoms with Gasteiger partial charge in [0.2, 0.25) is 0 Å². The molecular weight excluding hydrogens is 615 g/mol. The van der Waals surface area contributed by atoms with Gasteiger partial charge in [-0.25, -0.2) is 4.98 Å². The molecule has 0 bridgehead atoms. The zero-order chi connectivity index (χ0) is 33.5. The van der Waals surface area contributed by atoms with Crippen LogP contribution in [0.25, 0.3) is 66.3 Å². The Hall–Kier alpha value is -6.31. The molecular formula is C50H33N. The number of fused-ring (bicyclic) bond motifs is 7. The lowest BCUT2D eigenvalue weighted by molar-refractivity contribution is 0.797. The van der Waals surface area contributed by atoms with Crippen LogP contribution >= 0.6 is 0 Å². The summed E-state index contributed by atoms with van der Waals surface area (Å²) in [6, 6.07) is 58.7. The van der Waals surface area contributed by atoms with Crippen LogP contribution in [-0.2, 0) is 5.41 Å². The fourth-order valence-corrected chi connectivity index (χ4v) is 9.40. The van der Waals surface area contributed by atoms with E-state index in [2.05, 4.69) is 182 Å². The zero-order valence-electron chi connectivity index (χ0n) is 28.1. The zero-order valence-corrected chi connectivity index (χ0v) is 28.1. The van der Waals surface area contributed by atoms with Gasteiger partial charge in [-0.3, -0.25) is 0 Å². The first-order valence-corrected chi connectivity index (χ1v) is 18.0. The predicted octanol–water partition coefficient (Wildman–Crippen LogP) is 12.7. The number of benzene rings is 7. The second-order valence-electron chi connectivity index (χ2n) is 14.2. The van der Waals surface area contributed by atoms with E-state index >= 15 is 0 Å². The maximum absolute atomic E-state index is 5.37. The lowest BCUT2D eigenvalue weighted by Gasteiger charge is -2.31. The second kappa shape index (κ2) is 10.8. The number of nitrogens with zero attached hydrogens (tertiary/aromatic N) is 1. The van der Waals surface area contributed by atoms with Crippen LogP contribution in [0, 0.1) is 0 Å². The van der Waals surface area contributed by atoms with E-state index in [0.717, 1.165) is 28.9 Å². The van der Waals surface area contributed by atoms with Crippen molar-refractivity contribution in [2.24, 2.45) is 0 Å². The Bertz CT molecular complexity index is 2720. The first-order chi connectivity index (χ1) is 25.3. The van der Waals surface area contributed by atoms with Crippen LogP contribution in [0.15, 0.2) is 182 Å². The molecule has 1 aromatic heterocycles. The van der Waals surface area contributed by atoms with E-state index < -0.39 is 0 Å². The van der Waals surface area contributed by atoms with Gasteiger partial charge in [0.1, 0.15) is 0 Å². The van der Waals surface area contributed by atoms with Gasteiger partial charge in [0, 0.05) is 17.0 Å². The Morgan fingerprint density at radius 2 is 1.10 bits per heavy atom. The van der Waals surface area contributed by atoms with E-state index in [4.69, 9.17) is 4.98 Å². The van der Waals surface area contributed by atoms with Crippen LogP contribution in [0.5, 0.6) is 0 Å². The number of hydrogen-bond acceptors (Lipinski definition) is 1. The molecule has 3 aliphatic rings. The minimum atomic E-state index is -0.390. The maximum atomic E-state index is 5.37. The van der Waals surface area contributed by atoms with Gasteiger partial charge in [-0.05, 0) is 96.2 Å². The van der Waals surface area contributed by atoms with Crippen LogP contribution in [0.3, 0.4) is 0 Å². The third-order valence-electron chi connectivity index (χ3n) is 11.6. The molecule has 238 valence electrons. The molecule has 51 heavy (non-hydrogen) atoms.